The fraction of sp³-hybridized carbons (Fsp3) is 1.00. The van der Waals surface area contributed by atoms with Crippen LogP contribution in [0.4, 0.5) is 13.2 Å². The quantitative estimate of drug-likeness (QED) is 0.244. The van der Waals surface area contributed by atoms with Crippen LogP contribution in [0.2, 0.25) is 0 Å². The van der Waals surface area contributed by atoms with E-state index in [2.05, 4.69) is 4.74 Å². The number of hydrogen-bond donors (Lipinski definition) is 0. The van der Waals surface area contributed by atoms with Gasteiger partial charge in [-0.3, -0.25) is 0 Å². The Labute approximate surface area is 80.0 Å². The average Bonchev–Trinajstić information content (AvgIpc) is 1.60. The van der Waals surface area contributed by atoms with Crippen molar-refractivity contribution in [2.24, 2.45) is 0 Å². The van der Waals surface area contributed by atoms with Crippen LogP contribution in [0.3, 0.4) is 0 Å². The molecule has 0 aliphatic carbocycles. The van der Waals surface area contributed by atoms with Gasteiger partial charge in [0.1, 0.15) is 0 Å². The maximum absolute atomic E-state index is 10.7. The van der Waals surface area contributed by atoms with Crippen LogP contribution in [-0.4, -0.2) is 32.7 Å². The molecular weight excluding hydrogens is 196 g/mol. The first kappa shape index (κ1) is 18.1. The fourth-order valence-corrected chi connectivity index (χ4v) is 0. The van der Waals surface area contributed by atoms with Crippen LogP contribution < -0.4 is 18.9 Å². The Morgan fingerprint density at radius 1 is 1.25 bits per heavy atom. The second-order valence-electron chi connectivity index (χ2n) is 1.31. The number of halogens is 3. The zero-order chi connectivity index (χ0) is 9.71. The summed E-state index contributed by atoms with van der Waals surface area (Å²) in [4.78, 5) is 0. The topological polar surface area (TPSA) is 66.4 Å². The molecule has 0 rings (SSSR count). The summed E-state index contributed by atoms with van der Waals surface area (Å²) in [6, 6.07) is 0. The van der Waals surface area contributed by atoms with Gasteiger partial charge in [0.05, 0.1) is 0 Å². The van der Waals surface area contributed by atoms with E-state index in [4.69, 9.17) is 13.0 Å². The van der Waals surface area contributed by atoms with Gasteiger partial charge in [-0.2, -0.15) is 13.2 Å². The van der Waals surface area contributed by atoms with E-state index >= 15 is 0 Å². The molecule has 4 nitrogen and oxygen atoms in total. The van der Waals surface area contributed by atoms with Gasteiger partial charge in [-0.1, -0.05) is 0 Å². The molecule has 0 bridgehead atoms. The molecule has 0 aromatic heterocycles. The van der Waals surface area contributed by atoms with Crippen LogP contribution in [0.25, 0.3) is 0 Å². The molecule has 0 amide bonds. The summed E-state index contributed by atoms with van der Waals surface area (Å²) < 4.78 is 63.2. The van der Waals surface area contributed by atoms with Crippen molar-refractivity contribution in [1.29, 1.82) is 0 Å². The Hall–Kier alpha value is 0.257. The van der Waals surface area contributed by atoms with E-state index in [9.17, 15) is 13.2 Å². The molecule has 0 unspecified atom stereocenters. The Kier molecular flexibility index (Phi) is 10.2. The normalized spacial score (nSPS) is 10.8. The predicted octanol–water partition coefficient (Wildman–Crippen LogP) is -2.68. The first-order chi connectivity index (χ1) is 4.66. The summed E-state index contributed by atoms with van der Waals surface area (Å²) in [5.41, 5.74) is -5.65. The monoisotopic (exact) mass is 202 g/mol. The van der Waals surface area contributed by atoms with Crippen molar-refractivity contribution >= 4 is 10.1 Å². The number of rotatable bonds is 0. The predicted molar refractivity (Wildman–Crippen MR) is 28.7 cm³/mol. The van der Waals surface area contributed by atoms with Gasteiger partial charge in [-0.15, -0.1) is 0 Å². The maximum atomic E-state index is 10.7. The first-order valence-electron chi connectivity index (χ1n) is 2.09. The Morgan fingerprint density at radius 3 is 1.33 bits per heavy atom. The van der Waals surface area contributed by atoms with Crippen LogP contribution >= 0.6 is 0 Å². The van der Waals surface area contributed by atoms with Crippen LogP contribution in [0.1, 0.15) is 0 Å². The zero-order valence-corrected chi connectivity index (χ0v) is 7.49. The van der Waals surface area contributed by atoms with Gasteiger partial charge in [-0.25, -0.2) is 8.42 Å². The van der Waals surface area contributed by atoms with E-state index in [0.717, 1.165) is 0 Å². The maximum Gasteiger partial charge on any atom is 1.00 e. The third-order valence-electron chi connectivity index (χ3n) is 0.283. The largest absolute Gasteiger partial charge is 1.00 e. The zero-order valence-electron chi connectivity index (χ0n) is 6.68. The molecule has 0 spiro atoms. The Morgan fingerprint density at radius 2 is 1.33 bits per heavy atom. The molecule has 70 valence electrons. The van der Waals surface area contributed by atoms with Crippen LogP contribution in [0.5, 0.6) is 0 Å². The van der Waals surface area contributed by atoms with Gasteiger partial charge in [0.15, 0.2) is 10.1 Å². The van der Waals surface area contributed by atoms with Gasteiger partial charge in [0.2, 0.25) is 0 Å². The molecule has 12 heavy (non-hydrogen) atoms. The van der Waals surface area contributed by atoms with Crippen molar-refractivity contribution in [3.8, 4) is 0 Å². The molecule has 0 aliphatic heterocycles. The molecule has 0 N–H and O–H groups in total. The second kappa shape index (κ2) is 6.74. The molecule has 0 saturated heterocycles. The van der Waals surface area contributed by atoms with Gasteiger partial charge < -0.3 is 9.29 Å². The van der Waals surface area contributed by atoms with Crippen molar-refractivity contribution in [3.05, 3.63) is 0 Å². The standard InChI is InChI=1S/C2H6O.CHF3O3S.Li/c1-3-2;2-1(3,4)8(5,6)7;/h1-2H3;(H,5,6,7);/q;;+1/p-1. The van der Waals surface area contributed by atoms with E-state index in [1.165, 1.54) is 0 Å². The van der Waals surface area contributed by atoms with Crippen molar-refractivity contribution in [3.63, 3.8) is 0 Å². The average molecular weight is 202 g/mol. The minimum atomic E-state index is -6.09. The van der Waals surface area contributed by atoms with E-state index in [1.54, 1.807) is 14.2 Å². The SMILES string of the molecule is COC.O=S(=O)([O-])C(F)(F)F.[Li+]. The number of hydrogen-bond acceptors (Lipinski definition) is 4. The van der Waals surface area contributed by atoms with Gasteiger partial charge in [0, 0.05) is 14.2 Å². The molecule has 0 aromatic rings. The van der Waals surface area contributed by atoms with Gasteiger partial charge in [-0.05, 0) is 0 Å². The summed E-state index contributed by atoms with van der Waals surface area (Å²) in [6.07, 6.45) is 0. The molecule has 0 aromatic carbocycles. The summed E-state index contributed by atoms with van der Waals surface area (Å²) in [5, 5.41) is 0. The summed E-state index contributed by atoms with van der Waals surface area (Å²) >= 11 is 0. The molecule has 9 heteroatoms. The third kappa shape index (κ3) is 10.3. The van der Waals surface area contributed by atoms with E-state index < -0.39 is 15.6 Å². The number of ether oxygens (including phenoxy) is 1. The molecule has 0 aliphatic rings. The minimum absolute atomic E-state index is 0. The van der Waals surface area contributed by atoms with Crippen molar-refractivity contribution in [2.45, 2.75) is 5.51 Å². The smallest absolute Gasteiger partial charge is 0.741 e. The summed E-state index contributed by atoms with van der Waals surface area (Å²) in [5.74, 6) is 0. The molecule has 0 fully saturated rings. The number of methoxy groups -OCH3 is 1. The van der Waals surface area contributed by atoms with Gasteiger partial charge in [0.25, 0.3) is 0 Å². The van der Waals surface area contributed by atoms with Crippen molar-refractivity contribution < 1.29 is 49.7 Å². The van der Waals surface area contributed by atoms with Crippen LogP contribution in [0.15, 0.2) is 0 Å². The Balaban J connectivity index is -0.000000177. The van der Waals surface area contributed by atoms with Crippen LogP contribution in [-0.2, 0) is 14.9 Å². The van der Waals surface area contributed by atoms with Crippen molar-refractivity contribution in [1.82, 2.24) is 0 Å². The van der Waals surface area contributed by atoms with E-state index in [0.29, 0.717) is 0 Å². The first-order valence-corrected chi connectivity index (χ1v) is 3.50. The summed E-state index contributed by atoms with van der Waals surface area (Å²) in [6.45, 7) is 0. The van der Waals surface area contributed by atoms with Crippen molar-refractivity contribution in [2.75, 3.05) is 14.2 Å². The van der Waals surface area contributed by atoms with Gasteiger partial charge >= 0.3 is 24.4 Å². The second-order valence-corrected chi connectivity index (χ2v) is 2.68. The van der Waals surface area contributed by atoms with E-state index in [1.807, 2.05) is 0 Å². The molecular formula is C3H6F3LiO4S. The Bertz CT molecular complexity index is 186. The molecule has 0 atom stereocenters. The third-order valence-corrected chi connectivity index (χ3v) is 0.850. The minimum Gasteiger partial charge on any atom is -0.741 e. The fourth-order valence-electron chi connectivity index (χ4n) is 0. The van der Waals surface area contributed by atoms with Crippen LogP contribution in [0, 0.1) is 0 Å². The molecule has 0 heterocycles. The number of alkyl halides is 3. The molecule has 0 radical (unpaired) electrons. The van der Waals surface area contributed by atoms with E-state index in [-0.39, 0.29) is 18.9 Å². The molecule has 0 saturated carbocycles. The summed E-state index contributed by atoms with van der Waals surface area (Å²) in [7, 11) is -2.84.